The molecule has 0 bridgehead atoms. The first-order valence-corrected chi connectivity index (χ1v) is 6.67. The van der Waals surface area contributed by atoms with Gasteiger partial charge in [-0.05, 0) is 37.5 Å². The van der Waals surface area contributed by atoms with Crippen molar-refractivity contribution in [2.24, 2.45) is 11.1 Å². The van der Waals surface area contributed by atoms with Crippen LogP contribution in [-0.4, -0.2) is 25.9 Å². The standard InChI is InChI=1S/C15H23NO3/c1-10-7-13(19-3)11(8-12(10)18-2)14(16)15(9-17)5-4-6-15/h7-8,14,17H,4-6,9,16H2,1-3H3. The third-order valence-corrected chi connectivity index (χ3v) is 4.41. The number of methoxy groups -OCH3 is 2. The van der Waals surface area contributed by atoms with E-state index in [9.17, 15) is 5.11 Å². The van der Waals surface area contributed by atoms with Gasteiger partial charge >= 0.3 is 0 Å². The van der Waals surface area contributed by atoms with Gasteiger partial charge < -0.3 is 20.3 Å². The van der Waals surface area contributed by atoms with Crippen LogP contribution in [0.15, 0.2) is 12.1 Å². The summed E-state index contributed by atoms with van der Waals surface area (Å²) in [7, 11) is 3.29. The van der Waals surface area contributed by atoms with Crippen LogP contribution in [0.3, 0.4) is 0 Å². The number of aliphatic hydroxyl groups is 1. The topological polar surface area (TPSA) is 64.7 Å². The number of benzene rings is 1. The van der Waals surface area contributed by atoms with Gasteiger partial charge in [0.1, 0.15) is 11.5 Å². The van der Waals surface area contributed by atoms with E-state index in [1.807, 2.05) is 19.1 Å². The van der Waals surface area contributed by atoms with Crippen LogP contribution in [0.2, 0.25) is 0 Å². The maximum absolute atomic E-state index is 9.66. The van der Waals surface area contributed by atoms with Gasteiger partial charge in [-0.3, -0.25) is 0 Å². The minimum atomic E-state index is -0.226. The first-order chi connectivity index (χ1) is 9.07. The highest BCUT2D eigenvalue weighted by Gasteiger charge is 2.43. The zero-order valence-electron chi connectivity index (χ0n) is 11.9. The number of ether oxygens (including phenoxy) is 2. The minimum absolute atomic E-state index is 0.119. The zero-order chi connectivity index (χ0) is 14.0. The Labute approximate surface area is 114 Å². The fraction of sp³-hybridized carbons (Fsp3) is 0.600. The summed E-state index contributed by atoms with van der Waals surface area (Å²) in [5.74, 6) is 1.57. The summed E-state index contributed by atoms with van der Waals surface area (Å²) in [5.41, 5.74) is 8.13. The molecule has 2 rings (SSSR count). The fourth-order valence-electron chi connectivity index (χ4n) is 2.85. The Bertz CT molecular complexity index is 449. The second-order valence-electron chi connectivity index (χ2n) is 5.42. The lowest BCUT2D eigenvalue weighted by atomic mass is 9.63. The van der Waals surface area contributed by atoms with Crippen LogP contribution in [-0.2, 0) is 0 Å². The van der Waals surface area contributed by atoms with E-state index >= 15 is 0 Å². The van der Waals surface area contributed by atoms with Crippen LogP contribution in [0.1, 0.15) is 36.4 Å². The molecule has 1 saturated carbocycles. The van der Waals surface area contributed by atoms with Gasteiger partial charge in [0.05, 0.1) is 20.8 Å². The Morgan fingerprint density at radius 3 is 2.32 bits per heavy atom. The Morgan fingerprint density at radius 1 is 1.26 bits per heavy atom. The Kier molecular flexibility index (Phi) is 4.02. The number of rotatable bonds is 5. The van der Waals surface area contributed by atoms with Crippen molar-refractivity contribution < 1.29 is 14.6 Å². The van der Waals surface area contributed by atoms with Crippen LogP contribution >= 0.6 is 0 Å². The van der Waals surface area contributed by atoms with E-state index in [1.54, 1.807) is 14.2 Å². The molecule has 1 aromatic rings. The average molecular weight is 265 g/mol. The molecule has 0 amide bonds. The number of hydrogen-bond acceptors (Lipinski definition) is 4. The number of nitrogens with two attached hydrogens (primary N) is 1. The van der Waals surface area contributed by atoms with E-state index in [4.69, 9.17) is 15.2 Å². The van der Waals surface area contributed by atoms with Crippen molar-refractivity contribution in [1.82, 2.24) is 0 Å². The summed E-state index contributed by atoms with van der Waals surface area (Å²) in [6, 6.07) is 3.66. The molecule has 0 saturated heterocycles. The highest BCUT2D eigenvalue weighted by atomic mass is 16.5. The van der Waals surface area contributed by atoms with Gasteiger partial charge in [-0.25, -0.2) is 0 Å². The average Bonchev–Trinajstić information content (AvgIpc) is 2.37. The molecule has 4 heteroatoms. The van der Waals surface area contributed by atoms with Crippen molar-refractivity contribution in [1.29, 1.82) is 0 Å². The van der Waals surface area contributed by atoms with Gasteiger partial charge in [0.2, 0.25) is 0 Å². The molecule has 1 aliphatic rings. The minimum Gasteiger partial charge on any atom is -0.496 e. The molecular formula is C15H23NO3. The molecule has 1 fully saturated rings. The number of aryl methyl sites for hydroxylation is 1. The number of aliphatic hydroxyl groups excluding tert-OH is 1. The molecule has 19 heavy (non-hydrogen) atoms. The van der Waals surface area contributed by atoms with Crippen molar-refractivity contribution in [3.05, 3.63) is 23.3 Å². The normalized spacial score (nSPS) is 18.6. The molecule has 1 aromatic carbocycles. The van der Waals surface area contributed by atoms with Crippen molar-refractivity contribution in [3.8, 4) is 11.5 Å². The van der Waals surface area contributed by atoms with Crippen molar-refractivity contribution >= 4 is 0 Å². The third kappa shape index (κ3) is 2.30. The largest absolute Gasteiger partial charge is 0.496 e. The highest BCUT2D eigenvalue weighted by molar-refractivity contribution is 5.48. The lowest BCUT2D eigenvalue weighted by Gasteiger charge is -2.45. The highest BCUT2D eigenvalue weighted by Crippen LogP contribution is 2.50. The number of hydrogen-bond donors (Lipinski definition) is 2. The molecule has 0 aliphatic heterocycles. The lowest BCUT2D eigenvalue weighted by Crippen LogP contribution is -2.43. The van der Waals surface area contributed by atoms with Crippen molar-refractivity contribution in [2.45, 2.75) is 32.2 Å². The predicted octanol–water partition coefficient (Wildman–Crippen LogP) is 2.17. The van der Waals surface area contributed by atoms with Gasteiger partial charge in [-0.2, -0.15) is 0 Å². The van der Waals surface area contributed by atoms with Crippen LogP contribution in [0.5, 0.6) is 11.5 Å². The van der Waals surface area contributed by atoms with E-state index in [2.05, 4.69) is 0 Å². The summed E-state index contributed by atoms with van der Waals surface area (Å²) in [6.07, 6.45) is 3.05. The van der Waals surface area contributed by atoms with Gasteiger partial charge in [0, 0.05) is 17.0 Å². The van der Waals surface area contributed by atoms with E-state index in [1.165, 1.54) is 0 Å². The van der Waals surface area contributed by atoms with E-state index < -0.39 is 0 Å². The van der Waals surface area contributed by atoms with Crippen molar-refractivity contribution in [2.75, 3.05) is 20.8 Å². The SMILES string of the molecule is COc1cc(C(N)C2(CO)CCC2)c(OC)cc1C. The zero-order valence-corrected chi connectivity index (χ0v) is 11.9. The second kappa shape index (κ2) is 5.39. The lowest BCUT2D eigenvalue weighted by molar-refractivity contribution is 0.0177. The maximum Gasteiger partial charge on any atom is 0.124 e. The summed E-state index contributed by atoms with van der Waals surface area (Å²) < 4.78 is 10.8. The molecule has 4 nitrogen and oxygen atoms in total. The van der Waals surface area contributed by atoms with Crippen LogP contribution in [0.25, 0.3) is 0 Å². The summed E-state index contributed by atoms with van der Waals surface area (Å²) in [6.45, 7) is 2.09. The Hall–Kier alpha value is -1.26. The molecule has 1 atom stereocenters. The van der Waals surface area contributed by atoms with Gasteiger partial charge in [-0.15, -0.1) is 0 Å². The monoisotopic (exact) mass is 265 g/mol. The summed E-state index contributed by atoms with van der Waals surface area (Å²) >= 11 is 0. The summed E-state index contributed by atoms with van der Waals surface area (Å²) in [4.78, 5) is 0. The molecule has 0 spiro atoms. The Balaban J connectivity index is 2.42. The van der Waals surface area contributed by atoms with Crippen LogP contribution in [0, 0.1) is 12.3 Å². The molecule has 1 unspecified atom stereocenters. The summed E-state index contributed by atoms with van der Waals surface area (Å²) in [5, 5.41) is 9.66. The molecule has 0 radical (unpaired) electrons. The maximum atomic E-state index is 9.66. The Morgan fingerprint density at radius 2 is 1.89 bits per heavy atom. The fourth-order valence-corrected chi connectivity index (χ4v) is 2.85. The van der Waals surface area contributed by atoms with Crippen molar-refractivity contribution in [3.63, 3.8) is 0 Å². The predicted molar refractivity (Wildman–Crippen MR) is 74.6 cm³/mol. The molecule has 3 N–H and O–H groups in total. The van der Waals surface area contributed by atoms with Gasteiger partial charge in [0.15, 0.2) is 0 Å². The van der Waals surface area contributed by atoms with Gasteiger partial charge in [0.25, 0.3) is 0 Å². The molecule has 0 heterocycles. The molecule has 1 aliphatic carbocycles. The molecule has 0 aromatic heterocycles. The van der Waals surface area contributed by atoms with E-state index in [-0.39, 0.29) is 18.1 Å². The van der Waals surface area contributed by atoms with Gasteiger partial charge in [-0.1, -0.05) is 6.42 Å². The van der Waals surface area contributed by atoms with Crippen LogP contribution in [0.4, 0.5) is 0 Å². The molecular weight excluding hydrogens is 242 g/mol. The van der Waals surface area contributed by atoms with Crippen LogP contribution < -0.4 is 15.2 Å². The molecule has 106 valence electrons. The first-order valence-electron chi connectivity index (χ1n) is 6.67. The quantitative estimate of drug-likeness (QED) is 0.856. The van der Waals surface area contributed by atoms with E-state index in [0.717, 1.165) is 41.9 Å². The smallest absolute Gasteiger partial charge is 0.124 e. The second-order valence-corrected chi connectivity index (χ2v) is 5.42. The third-order valence-electron chi connectivity index (χ3n) is 4.41. The first kappa shape index (κ1) is 14.2. The van der Waals surface area contributed by atoms with E-state index in [0.29, 0.717) is 0 Å².